The van der Waals surface area contributed by atoms with Crippen molar-refractivity contribution in [3.05, 3.63) is 29.8 Å². The molecular weight excluding hydrogens is 288 g/mol. The van der Waals surface area contributed by atoms with E-state index in [1.54, 1.807) is 0 Å². The maximum Gasteiger partial charge on any atom is 0.298 e. The summed E-state index contributed by atoms with van der Waals surface area (Å²) >= 11 is 0. The molecule has 2 rings (SSSR count). The van der Waals surface area contributed by atoms with Crippen LogP contribution in [0.2, 0.25) is 0 Å². The van der Waals surface area contributed by atoms with Crippen molar-refractivity contribution in [3.63, 3.8) is 0 Å². The van der Waals surface area contributed by atoms with Crippen LogP contribution in [0.3, 0.4) is 0 Å². The van der Waals surface area contributed by atoms with Gasteiger partial charge in [0.1, 0.15) is 0 Å². The predicted octanol–water partition coefficient (Wildman–Crippen LogP) is 0.153. The first kappa shape index (κ1) is 13.2. The number of benzene rings is 1. The Kier molecular flexibility index (Phi) is 3.07. The number of hydrogen-bond donors (Lipinski definition) is 2. The minimum Gasteiger partial charge on any atom is -0.336 e. The molecule has 2 N–H and O–H groups in total. The van der Waals surface area contributed by atoms with Crippen LogP contribution in [0.15, 0.2) is 24.3 Å². The van der Waals surface area contributed by atoms with Crippen molar-refractivity contribution in [3.8, 4) is 5.75 Å². The lowest BCUT2D eigenvalue weighted by atomic mass is 10.1. The Morgan fingerprint density at radius 2 is 1.61 bits per heavy atom. The van der Waals surface area contributed by atoms with Gasteiger partial charge in [0.25, 0.3) is 25.7 Å². The number of hydrogen-bond acceptors (Lipinski definition) is 6. The average Bonchev–Trinajstić information content (AvgIpc) is 2.24. The molecule has 0 fully saturated rings. The molecule has 0 spiro atoms. The van der Waals surface area contributed by atoms with Gasteiger partial charge < -0.3 is 4.89 Å². The predicted molar refractivity (Wildman–Crippen MR) is 57.8 cm³/mol. The third kappa shape index (κ3) is 2.33. The molecule has 0 aliphatic carbocycles. The molecule has 0 saturated heterocycles. The lowest BCUT2D eigenvalue weighted by Crippen LogP contribution is -2.39. The minimum atomic E-state index is -4.89. The van der Waals surface area contributed by atoms with Crippen molar-refractivity contribution < 1.29 is 35.7 Å². The van der Waals surface area contributed by atoms with Gasteiger partial charge in [-0.25, -0.2) is 0 Å². The zero-order valence-electron chi connectivity index (χ0n) is 8.62. The zero-order chi connectivity index (χ0) is 13.6. The topological polar surface area (TPSA) is 127 Å². The molecule has 0 radical (unpaired) electrons. The molecule has 1 heterocycles. The highest BCUT2D eigenvalue weighted by molar-refractivity contribution is 7.90. The second kappa shape index (κ2) is 4.17. The van der Waals surface area contributed by atoms with Crippen molar-refractivity contribution in [2.24, 2.45) is 0 Å². The fraction of sp³-hybridized carbons (Fsp3) is 0.250. The first-order chi connectivity index (χ1) is 8.21. The van der Waals surface area contributed by atoms with E-state index in [1.807, 2.05) is 0 Å². The van der Waals surface area contributed by atoms with E-state index >= 15 is 0 Å². The van der Waals surface area contributed by atoms with E-state index in [0.29, 0.717) is 0 Å². The zero-order valence-corrected chi connectivity index (χ0v) is 10.3. The Balaban J connectivity index is 2.65. The highest BCUT2D eigenvalue weighted by Crippen LogP contribution is 2.39. The van der Waals surface area contributed by atoms with Gasteiger partial charge in [0.05, 0.1) is 0 Å². The summed E-state index contributed by atoms with van der Waals surface area (Å²) in [4.78, 5) is 8.90. The third-order valence-electron chi connectivity index (χ3n) is 2.32. The summed E-state index contributed by atoms with van der Waals surface area (Å²) in [6, 6.07) is 5.49. The molecule has 0 aromatic heterocycles. The summed E-state index contributed by atoms with van der Waals surface area (Å²) in [5.74, 6) is -0.0555. The molecule has 10 heteroatoms. The van der Waals surface area contributed by atoms with Crippen molar-refractivity contribution >= 4 is 20.2 Å². The fourth-order valence-corrected chi connectivity index (χ4v) is 3.88. The fourth-order valence-electron chi connectivity index (χ4n) is 1.59. The molecule has 8 nitrogen and oxygen atoms in total. The Morgan fingerprint density at radius 1 is 1.00 bits per heavy atom. The van der Waals surface area contributed by atoms with Gasteiger partial charge in [-0.2, -0.15) is 21.7 Å². The van der Waals surface area contributed by atoms with Crippen LogP contribution in [-0.2, 0) is 25.1 Å². The van der Waals surface area contributed by atoms with Gasteiger partial charge in [0.15, 0.2) is 11.0 Å². The Labute approximate surface area is 103 Å². The average molecular weight is 296 g/mol. The van der Waals surface area contributed by atoms with Crippen LogP contribution in [0.25, 0.3) is 0 Å². The van der Waals surface area contributed by atoms with E-state index in [9.17, 15) is 16.8 Å². The standard InChI is InChI=1S/C8H8O8S2/c9-17(10,11)7-5-3-1-2-4-6(5)15-16-8(7)18(12,13)14/h1-4,7-8H,(H,9,10,11)(H,12,13,14). The largest absolute Gasteiger partial charge is 0.336 e. The number of para-hydroxylation sites is 1. The van der Waals surface area contributed by atoms with Gasteiger partial charge >= 0.3 is 0 Å². The minimum absolute atomic E-state index is 0.0555. The quantitative estimate of drug-likeness (QED) is 0.583. The van der Waals surface area contributed by atoms with Crippen molar-refractivity contribution in [2.45, 2.75) is 10.7 Å². The molecule has 0 saturated carbocycles. The lowest BCUT2D eigenvalue weighted by Gasteiger charge is -2.27. The van der Waals surface area contributed by atoms with E-state index in [2.05, 4.69) is 9.78 Å². The summed E-state index contributed by atoms with van der Waals surface area (Å²) in [7, 11) is -9.70. The molecule has 2 unspecified atom stereocenters. The summed E-state index contributed by atoms with van der Waals surface area (Å²) in [6.45, 7) is 0. The van der Waals surface area contributed by atoms with E-state index in [4.69, 9.17) is 9.11 Å². The van der Waals surface area contributed by atoms with Crippen LogP contribution >= 0.6 is 0 Å². The molecule has 0 bridgehead atoms. The molecular formula is C8H8O8S2. The molecule has 1 aliphatic heterocycles. The Morgan fingerprint density at radius 3 is 2.17 bits per heavy atom. The summed E-state index contributed by atoms with van der Waals surface area (Å²) in [5, 5.41) is -1.97. The van der Waals surface area contributed by atoms with E-state index < -0.39 is 30.9 Å². The highest BCUT2D eigenvalue weighted by Gasteiger charge is 2.48. The van der Waals surface area contributed by atoms with Crippen molar-refractivity contribution in [2.75, 3.05) is 0 Å². The summed E-state index contributed by atoms with van der Waals surface area (Å²) < 4.78 is 62.5. The molecule has 1 aliphatic rings. The van der Waals surface area contributed by atoms with Gasteiger partial charge in [-0.05, 0) is 6.07 Å². The molecule has 18 heavy (non-hydrogen) atoms. The van der Waals surface area contributed by atoms with Gasteiger partial charge in [0.2, 0.25) is 0 Å². The maximum atomic E-state index is 11.3. The molecule has 100 valence electrons. The van der Waals surface area contributed by atoms with E-state index in [1.165, 1.54) is 24.3 Å². The number of rotatable bonds is 2. The smallest absolute Gasteiger partial charge is 0.298 e. The van der Waals surface area contributed by atoms with Crippen LogP contribution in [-0.4, -0.2) is 31.4 Å². The lowest BCUT2D eigenvalue weighted by molar-refractivity contribution is -0.233. The highest BCUT2D eigenvalue weighted by atomic mass is 32.2. The maximum absolute atomic E-state index is 11.3. The molecule has 1 aromatic carbocycles. The monoisotopic (exact) mass is 296 g/mol. The van der Waals surface area contributed by atoms with Gasteiger partial charge in [0, 0.05) is 5.56 Å². The van der Waals surface area contributed by atoms with Gasteiger partial charge in [-0.15, -0.1) is 0 Å². The molecule has 1 aromatic rings. The first-order valence-corrected chi connectivity index (χ1v) is 7.57. The number of fused-ring (bicyclic) bond motifs is 1. The van der Waals surface area contributed by atoms with Crippen LogP contribution in [0.1, 0.15) is 10.8 Å². The van der Waals surface area contributed by atoms with Crippen LogP contribution in [0.4, 0.5) is 0 Å². The van der Waals surface area contributed by atoms with Gasteiger partial charge in [-0.3, -0.25) is 9.11 Å². The normalized spacial score (nSPS) is 24.1. The van der Waals surface area contributed by atoms with Crippen LogP contribution in [0.5, 0.6) is 5.75 Å². The second-order valence-corrected chi connectivity index (χ2v) is 6.57. The van der Waals surface area contributed by atoms with Crippen molar-refractivity contribution in [1.29, 1.82) is 0 Å². The first-order valence-electron chi connectivity index (χ1n) is 4.56. The van der Waals surface area contributed by atoms with Gasteiger partial charge in [-0.1, -0.05) is 18.2 Å². The molecule has 0 amide bonds. The third-order valence-corrected chi connectivity index (χ3v) is 4.57. The Bertz CT molecular complexity index is 662. The van der Waals surface area contributed by atoms with E-state index in [-0.39, 0.29) is 11.3 Å². The van der Waals surface area contributed by atoms with Crippen molar-refractivity contribution in [1.82, 2.24) is 0 Å². The van der Waals surface area contributed by atoms with E-state index in [0.717, 1.165) is 0 Å². The second-order valence-electron chi connectivity index (χ2n) is 3.54. The van der Waals surface area contributed by atoms with Crippen LogP contribution in [0, 0.1) is 0 Å². The molecule has 2 atom stereocenters. The Hall–Kier alpha value is -1.20. The summed E-state index contributed by atoms with van der Waals surface area (Å²) in [5.41, 5.74) is -2.36. The summed E-state index contributed by atoms with van der Waals surface area (Å²) in [6.07, 6.45) is 0. The van der Waals surface area contributed by atoms with Crippen LogP contribution < -0.4 is 4.89 Å². The SMILES string of the molecule is O=S(=O)(O)C1OOc2ccccc2C1S(=O)(=O)O.